The number of aryl methyl sites for hydroxylation is 1. The zero-order valence-corrected chi connectivity index (χ0v) is 16.8. The van der Waals surface area contributed by atoms with E-state index in [1.54, 1.807) is 24.3 Å². The average Bonchev–Trinajstić information content (AvgIpc) is 2.75. The van der Waals surface area contributed by atoms with Gasteiger partial charge in [-0.05, 0) is 53.4 Å². The predicted molar refractivity (Wildman–Crippen MR) is 115 cm³/mol. The van der Waals surface area contributed by atoms with Crippen molar-refractivity contribution < 1.29 is 9.50 Å². The van der Waals surface area contributed by atoms with Gasteiger partial charge in [0.25, 0.3) is 0 Å². The van der Waals surface area contributed by atoms with Crippen LogP contribution >= 0.6 is 11.6 Å². The third-order valence-electron chi connectivity index (χ3n) is 5.27. The van der Waals surface area contributed by atoms with E-state index in [9.17, 15) is 9.50 Å². The third kappa shape index (κ3) is 4.34. The molecule has 1 heterocycles. The van der Waals surface area contributed by atoms with Crippen LogP contribution < -0.4 is 5.32 Å². The van der Waals surface area contributed by atoms with Crippen molar-refractivity contribution in [1.82, 2.24) is 5.32 Å². The van der Waals surface area contributed by atoms with Crippen molar-refractivity contribution in [3.8, 4) is 5.75 Å². The number of phenols is 1. The van der Waals surface area contributed by atoms with Crippen LogP contribution in [0.25, 0.3) is 0 Å². The molecule has 0 saturated heterocycles. The fourth-order valence-electron chi connectivity index (χ4n) is 3.67. The largest absolute Gasteiger partial charge is 0.508 e. The lowest BCUT2D eigenvalue weighted by molar-refractivity contribution is 0.412. The van der Waals surface area contributed by atoms with Crippen LogP contribution in [0.2, 0.25) is 5.02 Å². The minimum Gasteiger partial charge on any atom is -0.508 e. The fourth-order valence-corrected chi connectivity index (χ4v) is 3.85. The average molecular weight is 409 g/mol. The van der Waals surface area contributed by atoms with Crippen molar-refractivity contribution in [2.45, 2.75) is 32.0 Å². The first-order chi connectivity index (χ1) is 14.0. The Kier molecular flexibility index (Phi) is 5.65. The van der Waals surface area contributed by atoms with Crippen LogP contribution in [0.1, 0.15) is 47.8 Å². The molecule has 0 aromatic heterocycles. The van der Waals surface area contributed by atoms with Crippen LogP contribution in [0.4, 0.5) is 4.39 Å². The first-order valence-electron chi connectivity index (χ1n) is 9.69. The maximum Gasteiger partial charge on any atom is 0.126 e. The van der Waals surface area contributed by atoms with Crippen LogP contribution in [0.15, 0.2) is 71.7 Å². The van der Waals surface area contributed by atoms with Crippen LogP contribution in [0.3, 0.4) is 0 Å². The lowest BCUT2D eigenvalue weighted by atomic mass is 9.93. The molecule has 29 heavy (non-hydrogen) atoms. The summed E-state index contributed by atoms with van der Waals surface area (Å²) in [5.74, 6) is -0.131. The highest BCUT2D eigenvalue weighted by atomic mass is 35.5. The normalized spacial score (nSPS) is 19.1. The van der Waals surface area contributed by atoms with Gasteiger partial charge in [-0.3, -0.25) is 10.3 Å². The summed E-state index contributed by atoms with van der Waals surface area (Å²) in [5.41, 5.74) is 4.63. The third-order valence-corrected chi connectivity index (χ3v) is 5.50. The summed E-state index contributed by atoms with van der Waals surface area (Å²) in [6, 6.07) is 19.6. The molecule has 0 spiro atoms. The minimum absolute atomic E-state index is 0.174. The van der Waals surface area contributed by atoms with Crippen LogP contribution in [0, 0.1) is 5.82 Å². The number of nitrogens with one attached hydrogen (secondary N) is 1. The molecule has 0 amide bonds. The van der Waals surface area contributed by atoms with Crippen LogP contribution in [0.5, 0.6) is 5.75 Å². The molecule has 2 N–H and O–H groups in total. The number of hydrogen-bond donors (Lipinski definition) is 2. The molecular formula is C24H22ClFN2O. The van der Waals surface area contributed by atoms with Gasteiger partial charge in [-0.1, -0.05) is 54.9 Å². The molecule has 0 saturated carbocycles. The zero-order chi connectivity index (χ0) is 20.4. The van der Waals surface area contributed by atoms with E-state index in [-0.39, 0.29) is 17.6 Å². The van der Waals surface area contributed by atoms with E-state index in [4.69, 9.17) is 16.6 Å². The second-order valence-corrected chi connectivity index (χ2v) is 7.65. The summed E-state index contributed by atoms with van der Waals surface area (Å²) in [4.78, 5) is 4.87. The van der Waals surface area contributed by atoms with Gasteiger partial charge in [0.2, 0.25) is 0 Å². The van der Waals surface area contributed by atoms with Crippen molar-refractivity contribution in [2.24, 2.45) is 4.99 Å². The molecule has 0 fully saturated rings. The van der Waals surface area contributed by atoms with E-state index in [1.807, 2.05) is 6.07 Å². The molecular weight excluding hydrogens is 387 g/mol. The highest BCUT2D eigenvalue weighted by Gasteiger charge is 2.28. The summed E-state index contributed by atoms with van der Waals surface area (Å²) in [6.45, 7) is 2.12. The van der Waals surface area contributed by atoms with E-state index >= 15 is 0 Å². The molecule has 0 aliphatic carbocycles. The lowest BCUT2D eigenvalue weighted by Gasteiger charge is -2.31. The second kappa shape index (κ2) is 8.36. The molecule has 0 bridgehead atoms. The van der Waals surface area contributed by atoms with E-state index in [2.05, 4.69) is 36.5 Å². The second-order valence-electron chi connectivity index (χ2n) is 7.21. The Hall–Kier alpha value is -2.69. The number of phenolic OH excluding ortho intramolecular Hbond substituents is 1. The Morgan fingerprint density at radius 1 is 1.10 bits per heavy atom. The van der Waals surface area contributed by atoms with Gasteiger partial charge in [0.05, 0.1) is 0 Å². The molecule has 4 rings (SSSR count). The maximum atomic E-state index is 13.8. The van der Waals surface area contributed by atoms with Gasteiger partial charge < -0.3 is 5.11 Å². The van der Waals surface area contributed by atoms with Gasteiger partial charge in [-0.15, -0.1) is 0 Å². The fraction of sp³-hybridized carbons (Fsp3) is 0.208. The number of halogens is 2. The standard InChI is InChI=1S/C24H22ClFN2O/c1-2-15-6-8-16(9-7-15)21-14-22(20-13-18(25)10-11-23(20)29)28-24(27-21)17-4-3-5-19(26)12-17/h3-13,22,24,28-29H,2,14H2,1H3/t22-,24-/m1/s1. The molecule has 5 heteroatoms. The van der Waals surface area contributed by atoms with Gasteiger partial charge in [-0.25, -0.2) is 4.39 Å². The Morgan fingerprint density at radius 3 is 2.62 bits per heavy atom. The lowest BCUT2D eigenvalue weighted by Crippen LogP contribution is -2.33. The molecule has 3 nitrogen and oxygen atoms in total. The summed E-state index contributed by atoms with van der Waals surface area (Å²) in [6.07, 6.45) is 1.13. The van der Waals surface area contributed by atoms with E-state index in [0.29, 0.717) is 17.0 Å². The van der Waals surface area contributed by atoms with E-state index in [0.717, 1.165) is 23.3 Å². The number of aromatic hydroxyl groups is 1. The molecule has 0 radical (unpaired) electrons. The Bertz CT molecular complexity index is 1050. The summed E-state index contributed by atoms with van der Waals surface area (Å²) < 4.78 is 13.8. The Balaban J connectivity index is 1.76. The maximum absolute atomic E-state index is 13.8. The molecule has 3 aromatic rings. The summed E-state index contributed by atoms with van der Waals surface area (Å²) >= 11 is 6.18. The van der Waals surface area contributed by atoms with Gasteiger partial charge in [0.1, 0.15) is 17.7 Å². The molecule has 0 unspecified atom stereocenters. The molecule has 1 aliphatic rings. The van der Waals surface area contributed by atoms with Gasteiger partial charge in [-0.2, -0.15) is 0 Å². The highest BCUT2D eigenvalue weighted by Crippen LogP contribution is 2.35. The SMILES string of the molecule is CCc1ccc(C2=N[C@@H](c3cccc(F)c3)N[C@@H](c3cc(Cl)ccc3O)C2)cc1. The first-order valence-corrected chi connectivity index (χ1v) is 10.1. The topological polar surface area (TPSA) is 44.6 Å². The molecule has 2 atom stereocenters. The van der Waals surface area contributed by atoms with Crippen molar-refractivity contribution in [3.05, 3.63) is 99.8 Å². The Labute approximate surface area is 174 Å². The number of nitrogens with zero attached hydrogens (tertiary/aromatic N) is 1. The number of rotatable bonds is 4. The molecule has 3 aromatic carbocycles. The number of hydrogen-bond acceptors (Lipinski definition) is 3. The summed E-state index contributed by atoms with van der Waals surface area (Å²) in [7, 11) is 0. The molecule has 1 aliphatic heterocycles. The highest BCUT2D eigenvalue weighted by molar-refractivity contribution is 6.30. The zero-order valence-electron chi connectivity index (χ0n) is 16.1. The monoisotopic (exact) mass is 408 g/mol. The van der Waals surface area contributed by atoms with Crippen molar-refractivity contribution in [1.29, 1.82) is 0 Å². The molecule has 148 valence electrons. The van der Waals surface area contributed by atoms with E-state index in [1.165, 1.54) is 17.7 Å². The quantitative estimate of drug-likeness (QED) is 0.558. The van der Waals surface area contributed by atoms with Crippen molar-refractivity contribution in [3.63, 3.8) is 0 Å². The minimum atomic E-state index is -0.427. The van der Waals surface area contributed by atoms with Gasteiger partial charge in [0.15, 0.2) is 0 Å². The van der Waals surface area contributed by atoms with Crippen LogP contribution in [-0.2, 0) is 6.42 Å². The summed E-state index contributed by atoms with van der Waals surface area (Å²) in [5, 5.41) is 14.4. The van der Waals surface area contributed by atoms with Crippen molar-refractivity contribution in [2.75, 3.05) is 0 Å². The first kappa shape index (κ1) is 19.6. The van der Waals surface area contributed by atoms with Gasteiger partial charge in [0, 0.05) is 28.8 Å². The van der Waals surface area contributed by atoms with Crippen molar-refractivity contribution >= 4 is 17.3 Å². The van der Waals surface area contributed by atoms with Gasteiger partial charge >= 0.3 is 0 Å². The number of aliphatic imine (C=N–C) groups is 1. The Morgan fingerprint density at radius 2 is 1.90 bits per heavy atom. The van der Waals surface area contributed by atoms with Crippen LogP contribution in [-0.4, -0.2) is 10.8 Å². The predicted octanol–water partition coefficient (Wildman–Crippen LogP) is 5.97. The van der Waals surface area contributed by atoms with E-state index < -0.39 is 6.17 Å². The smallest absolute Gasteiger partial charge is 0.126 e. The number of benzene rings is 3.